The van der Waals surface area contributed by atoms with Gasteiger partial charge in [-0.05, 0) is 25.0 Å². The lowest BCUT2D eigenvalue weighted by molar-refractivity contribution is -0.125. The molecule has 3 rings (SSSR count). The van der Waals surface area contributed by atoms with Crippen LogP contribution < -0.4 is 26.0 Å². The Hall–Kier alpha value is -2.26. The summed E-state index contributed by atoms with van der Waals surface area (Å²) >= 11 is 1.27. The number of thioether (sulfide) groups is 1. The van der Waals surface area contributed by atoms with E-state index in [0.29, 0.717) is 17.5 Å². The summed E-state index contributed by atoms with van der Waals surface area (Å²) in [5, 5.41) is 11.7. The number of rotatable bonds is 8. The van der Waals surface area contributed by atoms with Crippen LogP contribution in [0.15, 0.2) is 24.3 Å². The molecule has 1 aliphatic heterocycles. The van der Waals surface area contributed by atoms with Crippen LogP contribution >= 0.6 is 11.8 Å². The molecule has 27 heavy (non-hydrogen) atoms. The monoisotopic (exact) mass is 392 g/mol. The second-order valence-corrected chi connectivity index (χ2v) is 7.71. The van der Waals surface area contributed by atoms with Gasteiger partial charge in [-0.25, -0.2) is 0 Å². The van der Waals surface area contributed by atoms with Crippen molar-refractivity contribution >= 4 is 35.2 Å². The van der Waals surface area contributed by atoms with Gasteiger partial charge in [0.05, 0.1) is 18.6 Å². The van der Waals surface area contributed by atoms with Crippen molar-refractivity contribution in [2.75, 3.05) is 18.2 Å². The molecule has 2 atom stereocenters. The summed E-state index contributed by atoms with van der Waals surface area (Å²) in [6.45, 7) is 0. The molecule has 1 aliphatic carbocycles. The smallest absolute Gasteiger partial charge is 0.234 e. The molecule has 1 heterocycles. The summed E-state index contributed by atoms with van der Waals surface area (Å²) in [6, 6.07) is 7.24. The van der Waals surface area contributed by atoms with Gasteiger partial charge in [-0.15, -0.1) is 11.8 Å². The molecular formula is C18H24N4O4S. The predicted molar refractivity (Wildman–Crippen MR) is 103 cm³/mol. The van der Waals surface area contributed by atoms with E-state index >= 15 is 0 Å². The molecule has 1 aromatic carbocycles. The highest BCUT2D eigenvalue weighted by molar-refractivity contribution is 8.00. The average molecular weight is 392 g/mol. The number of amides is 3. The highest BCUT2D eigenvalue weighted by atomic mass is 32.2. The number of carbonyl (C=O) groups is 3. The van der Waals surface area contributed by atoms with E-state index in [1.165, 1.54) is 11.8 Å². The van der Waals surface area contributed by atoms with E-state index in [4.69, 9.17) is 4.74 Å². The first-order valence-corrected chi connectivity index (χ1v) is 9.97. The van der Waals surface area contributed by atoms with E-state index in [1.807, 2.05) is 12.1 Å². The van der Waals surface area contributed by atoms with Crippen molar-refractivity contribution in [3.05, 3.63) is 24.3 Å². The van der Waals surface area contributed by atoms with Crippen molar-refractivity contribution in [1.29, 1.82) is 0 Å². The molecule has 2 aliphatic rings. The first-order chi connectivity index (χ1) is 13.0. The molecule has 0 spiro atoms. The number of anilines is 1. The maximum atomic E-state index is 12.2. The first-order valence-electron chi connectivity index (χ1n) is 8.92. The Morgan fingerprint density at radius 3 is 2.78 bits per heavy atom. The molecule has 0 radical (unpaired) electrons. The summed E-state index contributed by atoms with van der Waals surface area (Å²) in [6.07, 6.45) is 2.57. The molecule has 1 aromatic rings. The zero-order valence-electron chi connectivity index (χ0n) is 15.1. The molecule has 146 valence electrons. The Kier molecular flexibility index (Phi) is 6.57. The van der Waals surface area contributed by atoms with Gasteiger partial charge in [-0.1, -0.05) is 12.1 Å². The summed E-state index contributed by atoms with van der Waals surface area (Å²) in [7, 11) is 1.54. The minimum Gasteiger partial charge on any atom is -0.495 e. The van der Waals surface area contributed by atoms with Gasteiger partial charge in [0.2, 0.25) is 17.7 Å². The summed E-state index contributed by atoms with van der Waals surface area (Å²) in [5.74, 6) is 0.371. The molecule has 0 aromatic heterocycles. The number of ether oxygens (including phenoxy) is 1. The van der Waals surface area contributed by atoms with Gasteiger partial charge < -0.3 is 20.7 Å². The molecule has 1 saturated heterocycles. The van der Waals surface area contributed by atoms with Crippen molar-refractivity contribution in [2.24, 2.45) is 0 Å². The van der Waals surface area contributed by atoms with Crippen molar-refractivity contribution < 1.29 is 19.1 Å². The van der Waals surface area contributed by atoms with Crippen LogP contribution in [0.25, 0.3) is 0 Å². The molecule has 0 bridgehead atoms. The third kappa shape index (κ3) is 6.14. The van der Waals surface area contributed by atoms with Crippen molar-refractivity contribution in [3.63, 3.8) is 0 Å². The van der Waals surface area contributed by atoms with Crippen LogP contribution in [0.1, 0.15) is 25.7 Å². The molecule has 2 fully saturated rings. The zero-order valence-corrected chi connectivity index (χ0v) is 15.9. The summed E-state index contributed by atoms with van der Waals surface area (Å²) < 4.78 is 5.21. The highest BCUT2D eigenvalue weighted by Crippen LogP contribution is 2.23. The maximum Gasteiger partial charge on any atom is 0.234 e. The Balaban J connectivity index is 1.45. The Bertz CT molecular complexity index is 710. The molecule has 2 unspecified atom stereocenters. The molecule has 9 heteroatoms. The fraction of sp³-hybridized carbons (Fsp3) is 0.500. The van der Waals surface area contributed by atoms with Gasteiger partial charge in [0, 0.05) is 24.9 Å². The van der Waals surface area contributed by atoms with Crippen molar-refractivity contribution in [2.45, 2.75) is 43.3 Å². The largest absolute Gasteiger partial charge is 0.495 e. The molecule has 3 amide bonds. The number of benzene rings is 1. The number of nitrogens with one attached hydrogen (secondary N) is 4. The van der Waals surface area contributed by atoms with Crippen LogP contribution in [0.4, 0.5) is 5.69 Å². The van der Waals surface area contributed by atoms with Crippen LogP contribution in [-0.2, 0) is 14.4 Å². The van der Waals surface area contributed by atoms with Crippen LogP contribution in [-0.4, -0.2) is 48.2 Å². The average Bonchev–Trinajstić information content (AvgIpc) is 3.44. The van der Waals surface area contributed by atoms with E-state index in [0.717, 1.165) is 12.8 Å². The summed E-state index contributed by atoms with van der Waals surface area (Å²) in [5.41, 5.74) is 0.189. The quantitative estimate of drug-likeness (QED) is 0.521. The first kappa shape index (κ1) is 19.5. The van der Waals surface area contributed by atoms with E-state index in [-0.39, 0.29) is 42.4 Å². The van der Waals surface area contributed by atoms with Crippen molar-refractivity contribution in [3.8, 4) is 5.75 Å². The molecule has 4 N–H and O–H groups in total. The number of carbonyl (C=O) groups excluding carboxylic acids is 3. The van der Waals surface area contributed by atoms with Crippen LogP contribution in [0.5, 0.6) is 5.75 Å². The highest BCUT2D eigenvalue weighted by Gasteiger charge is 2.30. The minimum absolute atomic E-state index is 0.0395. The van der Waals surface area contributed by atoms with Gasteiger partial charge in [-0.3, -0.25) is 19.7 Å². The third-order valence-electron chi connectivity index (χ3n) is 4.25. The minimum atomic E-state index is -0.409. The molecular weight excluding hydrogens is 368 g/mol. The van der Waals surface area contributed by atoms with E-state index in [1.54, 1.807) is 19.2 Å². The van der Waals surface area contributed by atoms with Gasteiger partial charge >= 0.3 is 0 Å². The lowest BCUT2D eigenvalue weighted by Crippen LogP contribution is -2.56. The Morgan fingerprint density at radius 2 is 2.04 bits per heavy atom. The van der Waals surface area contributed by atoms with Crippen LogP contribution in [0, 0.1) is 0 Å². The van der Waals surface area contributed by atoms with Gasteiger partial charge in [-0.2, -0.15) is 0 Å². The normalized spacial score (nSPS) is 21.9. The van der Waals surface area contributed by atoms with Crippen LogP contribution in [0.3, 0.4) is 0 Å². The Labute approximate surface area is 162 Å². The standard InChI is InChI=1S/C18H24N4O4S/c1-26-14-5-3-2-4-13(14)21-17(25)10-27-18-20-12(9-16(24)22-18)8-15(23)19-11-6-7-11/h2-5,11-12,18,20H,6-10H2,1H3,(H,19,23)(H,21,25)(H,22,24). The lowest BCUT2D eigenvalue weighted by atomic mass is 10.1. The van der Waals surface area contributed by atoms with E-state index in [2.05, 4.69) is 21.3 Å². The van der Waals surface area contributed by atoms with Crippen molar-refractivity contribution in [1.82, 2.24) is 16.0 Å². The molecule has 8 nitrogen and oxygen atoms in total. The second-order valence-electron chi connectivity index (χ2n) is 6.62. The predicted octanol–water partition coefficient (Wildman–Crippen LogP) is 0.797. The fourth-order valence-electron chi connectivity index (χ4n) is 2.80. The van der Waals surface area contributed by atoms with Gasteiger partial charge in [0.15, 0.2) is 0 Å². The second kappa shape index (κ2) is 9.09. The number of hydrogen-bond donors (Lipinski definition) is 4. The fourth-order valence-corrected chi connectivity index (χ4v) is 3.69. The lowest BCUT2D eigenvalue weighted by Gasteiger charge is -2.30. The SMILES string of the molecule is COc1ccccc1NC(=O)CSC1NC(=O)CC(CC(=O)NC2CC2)N1. The summed E-state index contributed by atoms with van der Waals surface area (Å²) in [4.78, 5) is 36.0. The molecule has 1 saturated carbocycles. The van der Waals surface area contributed by atoms with Gasteiger partial charge in [0.1, 0.15) is 11.2 Å². The maximum absolute atomic E-state index is 12.2. The van der Waals surface area contributed by atoms with E-state index < -0.39 is 5.50 Å². The van der Waals surface area contributed by atoms with Gasteiger partial charge in [0.25, 0.3) is 0 Å². The number of hydrogen-bond acceptors (Lipinski definition) is 6. The number of methoxy groups -OCH3 is 1. The van der Waals surface area contributed by atoms with Crippen LogP contribution in [0.2, 0.25) is 0 Å². The Morgan fingerprint density at radius 1 is 1.26 bits per heavy atom. The topological polar surface area (TPSA) is 109 Å². The third-order valence-corrected chi connectivity index (χ3v) is 5.26. The number of para-hydroxylation sites is 2. The van der Waals surface area contributed by atoms with E-state index in [9.17, 15) is 14.4 Å². The zero-order chi connectivity index (χ0) is 19.2.